The van der Waals surface area contributed by atoms with Crippen molar-refractivity contribution in [1.29, 1.82) is 0 Å². The van der Waals surface area contributed by atoms with Gasteiger partial charge in [0.2, 0.25) is 0 Å². The molecule has 0 aliphatic heterocycles. The third-order valence-corrected chi connectivity index (χ3v) is 2.78. The Morgan fingerprint density at radius 2 is 1.78 bits per heavy atom. The summed E-state index contributed by atoms with van der Waals surface area (Å²) < 4.78 is 26.7. The van der Waals surface area contributed by atoms with Crippen LogP contribution in [0.2, 0.25) is 0 Å². The van der Waals surface area contributed by atoms with E-state index >= 15 is 0 Å². The Labute approximate surface area is 107 Å². The topological polar surface area (TPSA) is 32.3 Å². The lowest BCUT2D eigenvalue weighted by Crippen LogP contribution is -2.39. The molecule has 0 amide bonds. The molecule has 1 aromatic rings. The van der Waals surface area contributed by atoms with Gasteiger partial charge in [-0.15, -0.1) is 0 Å². The lowest BCUT2D eigenvalue weighted by Gasteiger charge is -2.27. The van der Waals surface area contributed by atoms with Crippen LogP contribution in [0.5, 0.6) is 0 Å². The number of nitrogens with one attached hydrogen (secondary N) is 1. The maximum Gasteiger partial charge on any atom is 0.129 e. The summed E-state index contributed by atoms with van der Waals surface area (Å²) in [6.45, 7) is 8.03. The second kappa shape index (κ2) is 5.33. The van der Waals surface area contributed by atoms with E-state index in [-0.39, 0.29) is 11.1 Å². The minimum Gasteiger partial charge on any atom is -0.385 e. The molecular weight excluding hydrogens is 236 g/mol. The minimum absolute atomic E-state index is 0.00166. The first kappa shape index (κ1) is 15.1. The van der Waals surface area contributed by atoms with Crippen LogP contribution in [0.1, 0.15) is 39.7 Å². The van der Waals surface area contributed by atoms with Gasteiger partial charge in [0.25, 0.3) is 0 Å². The van der Waals surface area contributed by atoms with Crippen molar-refractivity contribution in [2.45, 2.75) is 45.3 Å². The number of halogens is 2. The average molecular weight is 257 g/mol. The van der Waals surface area contributed by atoms with Gasteiger partial charge in [-0.25, -0.2) is 8.78 Å². The highest BCUT2D eigenvalue weighted by Crippen LogP contribution is 2.27. The zero-order valence-corrected chi connectivity index (χ0v) is 11.3. The molecule has 18 heavy (non-hydrogen) atoms. The summed E-state index contributed by atoms with van der Waals surface area (Å²) in [5, 5.41) is 13.4. The Balaban J connectivity index is 2.76. The van der Waals surface area contributed by atoms with Gasteiger partial charge in [-0.3, -0.25) is 0 Å². The van der Waals surface area contributed by atoms with E-state index < -0.39 is 17.2 Å². The molecule has 0 aliphatic rings. The van der Waals surface area contributed by atoms with E-state index in [0.29, 0.717) is 13.0 Å². The monoisotopic (exact) mass is 257 g/mol. The van der Waals surface area contributed by atoms with Gasteiger partial charge in [0.1, 0.15) is 11.6 Å². The molecule has 0 radical (unpaired) electrons. The maximum atomic E-state index is 13.6. The average Bonchev–Trinajstić information content (AvgIpc) is 2.19. The molecule has 0 saturated carbocycles. The summed E-state index contributed by atoms with van der Waals surface area (Å²) in [6.07, 6.45) is 0.310. The first-order valence-electron chi connectivity index (χ1n) is 6.05. The first-order chi connectivity index (χ1) is 8.12. The van der Waals surface area contributed by atoms with Crippen molar-refractivity contribution in [2.75, 3.05) is 6.54 Å². The maximum absolute atomic E-state index is 13.6. The largest absolute Gasteiger partial charge is 0.385 e. The van der Waals surface area contributed by atoms with Crippen LogP contribution in [0.3, 0.4) is 0 Å². The number of aliphatic hydroxyl groups is 1. The summed E-state index contributed by atoms with van der Waals surface area (Å²) in [5.41, 5.74) is -1.46. The fourth-order valence-corrected chi connectivity index (χ4v) is 1.73. The highest BCUT2D eigenvalue weighted by Gasteiger charge is 2.27. The van der Waals surface area contributed by atoms with Crippen LogP contribution in [0.25, 0.3) is 0 Å². The molecule has 0 fully saturated rings. The van der Waals surface area contributed by atoms with E-state index in [0.717, 1.165) is 18.2 Å². The standard InChI is InChI=1S/C14H21F2NO/c1-13(2,3)17-8-7-14(4,18)11-9-10(15)5-6-12(11)16/h5-6,9,17-18H,7-8H2,1-4H3. The summed E-state index contributed by atoms with van der Waals surface area (Å²) in [4.78, 5) is 0. The second-order valence-electron chi connectivity index (χ2n) is 5.82. The zero-order valence-electron chi connectivity index (χ0n) is 11.3. The van der Waals surface area contributed by atoms with Crippen LogP contribution in [0.4, 0.5) is 8.78 Å². The lowest BCUT2D eigenvalue weighted by molar-refractivity contribution is 0.0424. The van der Waals surface area contributed by atoms with Crippen LogP contribution in [0, 0.1) is 11.6 Å². The number of benzene rings is 1. The van der Waals surface area contributed by atoms with Gasteiger partial charge in [-0.2, -0.15) is 0 Å². The van der Waals surface area contributed by atoms with Crippen molar-refractivity contribution in [1.82, 2.24) is 5.32 Å². The van der Waals surface area contributed by atoms with Crippen molar-refractivity contribution in [3.05, 3.63) is 35.4 Å². The quantitative estimate of drug-likeness (QED) is 0.869. The van der Waals surface area contributed by atoms with Crippen molar-refractivity contribution in [2.24, 2.45) is 0 Å². The predicted octanol–water partition coefficient (Wildman–Crippen LogP) is 2.95. The van der Waals surface area contributed by atoms with E-state index in [4.69, 9.17) is 0 Å². The van der Waals surface area contributed by atoms with E-state index in [9.17, 15) is 13.9 Å². The summed E-state index contributed by atoms with van der Waals surface area (Å²) in [6, 6.07) is 3.13. The van der Waals surface area contributed by atoms with Crippen molar-refractivity contribution in [3.63, 3.8) is 0 Å². The van der Waals surface area contributed by atoms with E-state index in [1.165, 1.54) is 6.92 Å². The third-order valence-electron chi connectivity index (χ3n) is 2.78. The highest BCUT2D eigenvalue weighted by atomic mass is 19.1. The van der Waals surface area contributed by atoms with E-state index in [2.05, 4.69) is 5.32 Å². The number of hydrogen-bond donors (Lipinski definition) is 2. The van der Waals surface area contributed by atoms with Gasteiger partial charge < -0.3 is 10.4 Å². The van der Waals surface area contributed by atoms with Crippen molar-refractivity contribution in [3.8, 4) is 0 Å². The molecule has 1 atom stereocenters. The number of hydrogen-bond acceptors (Lipinski definition) is 2. The van der Waals surface area contributed by atoms with E-state index in [1.54, 1.807) is 0 Å². The van der Waals surface area contributed by atoms with Gasteiger partial charge in [-0.1, -0.05) is 0 Å². The smallest absolute Gasteiger partial charge is 0.129 e. The van der Waals surface area contributed by atoms with Crippen LogP contribution >= 0.6 is 0 Å². The van der Waals surface area contributed by atoms with E-state index in [1.807, 2.05) is 20.8 Å². The third kappa shape index (κ3) is 4.35. The molecule has 0 spiro atoms. The summed E-state index contributed by atoms with van der Waals surface area (Å²) >= 11 is 0. The van der Waals surface area contributed by atoms with Crippen molar-refractivity contribution < 1.29 is 13.9 Å². The molecule has 0 aromatic heterocycles. The lowest BCUT2D eigenvalue weighted by atomic mass is 9.91. The van der Waals surface area contributed by atoms with Crippen molar-refractivity contribution >= 4 is 0 Å². The molecule has 1 rings (SSSR count). The SMILES string of the molecule is CC(C)(C)NCCC(C)(O)c1cc(F)ccc1F. The second-order valence-corrected chi connectivity index (χ2v) is 5.82. The van der Waals surface area contributed by atoms with Gasteiger partial charge >= 0.3 is 0 Å². The Hall–Kier alpha value is -1.00. The Bertz CT molecular complexity index is 411. The van der Waals surface area contributed by atoms with Crippen LogP contribution in [0.15, 0.2) is 18.2 Å². The summed E-state index contributed by atoms with van der Waals surface area (Å²) in [7, 11) is 0. The molecule has 0 heterocycles. The molecule has 0 saturated heterocycles. The molecular formula is C14H21F2NO. The van der Waals surface area contributed by atoms with Crippen LogP contribution < -0.4 is 5.32 Å². The summed E-state index contributed by atoms with van der Waals surface area (Å²) in [5.74, 6) is -1.13. The van der Waals surface area contributed by atoms with Gasteiger partial charge in [-0.05, 0) is 58.9 Å². The fourth-order valence-electron chi connectivity index (χ4n) is 1.73. The Kier molecular flexibility index (Phi) is 4.46. The minimum atomic E-state index is -1.38. The van der Waals surface area contributed by atoms with Gasteiger partial charge in [0.05, 0.1) is 5.60 Å². The molecule has 4 heteroatoms. The molecule has 1 aromatic carbocycles. The Morgan fingerprint density at radius 1 is 1.17 bits per heavy atom. The molecule has 2 N–H and O–H groups in total. The number of rotatable bonds is 4. The Morgan fingerprint density at radius 3 is 2.33 bits per heavy atom. The van der Waals surface area contributed by atoms with Crippen LogP contribution in [-0.4, -0.2) is 17.2 Å². The predicted molar refractivity (Wildman–Crippen MR) is 68.3 cm³/mol. The molecule has 0 aliphatic carbocycles. The highest BCUT2D eigenvalue weighted by molar-refractivity contribution is 5.24. The van der Waals surface area contributed by atoms with Crippen LogP contribution in [-0.2, 0) is 5.60 Å². The molecule has 2 nitrogen and oxygen atoms in total. The molecule has 0 bridgehead atoms. The molecule has 1 unspecified atom stereocenters. The van der Waals surface area contributed by atoms with Gasteiger partial charge in [0.15, 0.2) is 0 Å². The fraction of sp³-hybridized carbons (Fsp3) is 0.571. The zero-order chi connectivity index (χ0) is 14.0. The normalized spacial score (nSPS) is 15.5. The van der Waals surface area contributed by atoms with Gasteiger partial charge in [0, 0.05) is 11.1 Å². The molecule has 102 valence electrons. The first-order valence-corrected chi connectivity index (χ1v) is 6.05.